The Labute approximate surface area is 71.9 Å². The van der Waals surface area contributed by atoms with Crippen molar-refractivity contribution in [3.63, 3.8) is 0 Å². The van der Waals surface area contributed by atoms with Crippen LogP contribution in [0.2, 0.25) is 0 Å². The highest BCUT2D eigenvalue weighted by atomic mass is 14.9. The Hall–Kier alpha value is -2.00. The average molecular weight is 159 g/mol. The van der Waals surface area contributed by atoms with Crippen LogP contribution in [0, 0.1) is 22.7 Å². The molecule has 0 aromatic rings. The Morgan fingerprint density at radius 2 is 1.92 bits per heavy atom. The zero-order valence-electron chi connectivity index (χ0n) is 6.67. The summed E-state index contributed by atoms with van der Waals surface area (Å²) >= 11 is 0. The quantitative estimate of drug-likeness (QED) is 0.381. The Morgan fingerprint density at radius 3 is 2.25 bits per heavy atom. The van der Waals surface area contributed by atoms with Gasteiger partial charge in [0.1, 0.15) is 12.1 Å². The lowest BCUT2D eigenvalue weighted by molar-refractivity contribution is 0.931. The van der Waals surface area contributed by atoms with Crippen molar-refractivity contribution in [3.05, 3.63) is 36.6 Å². The zero-order chi connectivity index (χ0) is 9.40. The third kappa shape index (κ3) is 2.72. The van der Waals surface area contributed by atoms with Crippen LogP contribution < -0.4 is 5.32 Å². The first-order valence-electron chi connectivity index (χ1n) is 3.31. The third-order valence-corrected chi connectivity index (χ3v) is 1.13. The molecule has 0 radical (unpaired) electrons. The number of nitrogens with one attached hydrogen (secondary N) is 1. The molecule has 0 saturated heterocycles. The third-order valence-electron chi connectivity index (χ3n) is 1.13. The topological polar surface area (TPSA) is 59.6 Å². The summed E-state index contributed by atoms with van der Waals surface area (Å²) in [5, 5.41) is 19.8. The predicted octanol–water partition coefficient (Wildman–Crippen LogP) is 1.25. The summed E-state index contributed by atoms with van der Waals surface area (Å²) in [6.45, 7) is 7.47. The molecule has 0 bridgehead atoms. The van der Waals surface area contributed by atoms with E-state index in [-0.39, 0.29) is 5.57 Å². The second kappa shape index (κ2) is 5.76. The summed E-state index contributed by atoms with van der Waals surface area (Å²) in [7, 11) is 0. The summed E-state index contributed by atoms with van der Waals surface area (Å²) in [5.41, 5.74) is 0.478. The van der Waals surface area contributed by atoms with Crippen LogP contribution in [-0.2, 0) is 0 Å². The molecule has 0 aromatic carbocycles. The predicted molar refractivity (Wildman–Crippen MR) is 46.6 cm³/mol. The number of allylic oxidation sites excluding steroid dienone is 2. The maximum Gasteiger partial charge on any atom is 0.152 e. The first-order valence-corrected chi connectivity index (χ1v) is 3.31. The van der Waals surface area contributed by atoms with Gasteiger partial charge in [-0.2, -0.15) is 10.5 Å². The minimum atomic E-state index is 0.0341. The van der Waals surface area contributed by atoms with E-state index in [4.69, 9.17) is 10.5 Å². The van der Waals surface area contributed by atoms with Crippen LogP contribution >= 0.6 is 0 Å². The van der Waals surface area contributed by atoms with Crippen LogP contribution in [0.3, 0.4) is 0 Å². The maximum absolute atomic E-state index is 8.48. The summed E-state index contributed by atoms with van der Waals surface area (Å²) in [5.74, 6) is 0. The van der Waals surface area contributed by atoms with Crippen molar-refractivity contribution in [2.24, 2.45) is 0 Å². The second-order valence-corrected chi connectivity index (χ2v) is 1.89. The van der Waals surface area contributed by atoms with E-state index in [1.54, 1.807) is 18.2 Å². The minimum Gasteiger partial charge on any atom is -0.380 e. The lowest BCUT2D eigenvalue weighted by Gasteiger charge is -2.01. The van der Waals surface area contributed by atoms with Crippen LogP contribution in [0.1, 0.15) is 0 Å². The maximum atomic E-state index is 8.48. The monoisotopic (exact) mass is 159 g/mol. The Bertz CT molecular complexity index is 270. The van der Waals surface area contributed by atoms with Gasteiger partial charge in [-0.15, -0.1) is 6.58 Å². The summed E-state index contributed by atoms with van der Waals surface area (Å²) in [4.78, 5) is 0. The Morgan fingerprint density at radius 1 is 1.33 bits per heavy atom. The van der Waals surface area contributed by atoms with Crippen LogP contribution in [0.25, 0.3) is 0 Å². The molecular weight excluding hydrogens is 150 g/mol. The van der Waals surface area contributed by atoms with E-state index >= 15 is 0 Å². The lowest BCUT2D eigenvalue weighted by Crippen LogP contribution is -2.12. The van der Waals surface area contributed by atoms with Gasteiger partial charge in [-0.05, 0) is 6.08 Å². The van der Waals surface area contributed by atoms with Crippen molar-refractivity contribution in [2.75, 3.05) is 6.54 Å². The first kappa shape index (κ1) is 10.0. The molecule has 0 aliphatic rings. The van der Waals surface area contributed by atoms with Gasteiger partial charge in [0.25, 0.3) is 0 Å². The van der Waals surface area contributed by atoms with Crippen molar-refractivity contribution in [3.8, 4) is 12.1 Å². The molecule has 0 heterocycles. The van der Waals surface area contributed by atoms with Gasteiger partial charge in [-0.1, -0.05) is 12.7 Å². The minimum absolute atomic E-state index is 0.0341. The molecule has 0 saturated carbocycles. The smallest absolute Gasteiger partial charge is 0.152 e. The zero-order valence-corrected chi connectivity index (χ0v) is 6.67. The van der Waals surface area contributed by atoms with Gasteiger partial charge in [0.15, 0.2) is 5.57 Å². The van der Waals surface area contributed by atoms with E-state index in [1.165, 1.54) is 6.08 Å². The molecule has 0 atom stereocenters. The molecule has 0 fully saturated rings. The lowest BCUT2D eigenvalue weighted by atomic mass is 10.2. The van der Waals surface area contributed by atoms with Crippen LogP contribution in [0.15, 0.2) is 36.6 Å². The molecule has 0 aliphatic carbocycles. The van der Waals surface area contributed by atoms with Gasteiger partial charge in [-0.25, -0.2) is 0 Å². The molecule has 3 heteroatoms. The summed E-state index contributed by atoms with van der Waals surface area (Å²) in [6.07, 6.45) is 3.07. The SMILES string of the molecule is C=CCNC(C=C)=C(C#N)C#N. The van der Waals surface area contributed by atoms with Crippen molar-refractivity contribution in [2.45, 2.75) is 0 Å². The fraction of sp³-hybridized carbons (Fsp3) is 0.111. The fourth-order valence-electron chi connectivity index (χ4n) is 0.590. The first-order chi connectivity index (χ1) is 5.79. The van der Waals surface area contributed by atoms with Crippen molar-refractivity contribution < 1.29 is 0 Å². The van der Waals surface area contributed by atoms with Gasteiger partial charge in [0.2, 0.25) is 0 Å². The average Bonchev–Trinajstić information content (AvgIpc) is 2.12. The van der Waals surface area contributed by atoms with E-state index in [0.717, 1.165) is 0 Å². The molecule has 12 heavy (non-hydrogen) atoms. The standard InChI is InChI=1S/C9H9N3/c1-3-5-12-9(4-2)8(6-10)7-11/h3-4,12H,1-2,5H2. The van der Waals surface area contributed by atoms with E-state index in [0.29, 0.717) is 12.2 Å². The van der Waals surface area contributed by atoms with E-state index in [2.05, 4.69) is 18.5 Å². The van der Waals surface area contributed by atoms with Crippen molar-refractivity contribution in [1.82, 2.24) is 5.32 Å². The molecule has 0 aromatic heterocycles. The number of rotatable bonds is 4. The molecule has 0 aliphatic heterocycles. The Balaban J connectivity index is 4.63. The van der Waals surface area contributed by atoms with Gasteiger partial charge in [-0.3, -0.25) is 0 Å². The van der Waals surface area contributed by atoms with Gasteiger partial charge in [0.05, 0.1) is 5.70 Å². The van der Waals surface area contributed by atoms with E-state index in [1.807, 2.05) is 0 Å². The number of hydrogen-bond donors (Lipinski definition) is 1. The van der Waals surface area contributed by atoms with E-state index in [9.17, 15) is 0 Å². The van der Waals surface area contributed by atoms with Gasteiger partial charge in [0, 0.05) is 6.54 Å². The molecule has 0 unspecified atom stereocenters. The molecule has 0 amide bonds. The number of hydrogen-bond acceptors (Lipinski definition) is 3. The number of nitriles is 2. The largest absolute Gasteiger partial charge is 0.380 e. The van der Waals surface area contributed by atoms with Gasteiger partial charge >= 0.3 is 0 Å². The molecule has 1 N–H and O–H groups in total. The summed E-state index contributed by atoms with van der Waals surface area (Å²) < 4.78 is 0. The van der Waals surface area contributed by atoms with Crippen LogP contribution in [0.4, 0.5) is 0 Å². The highest BCUT2D eigenvalue weighted by molar-refractivity contribution is 5.43. The Kier molecular flexibility index (Phi) is 4.80. The second-order valence-electron chi connectivity index (χ2n) is 1.89. The molecule has 60 valence electrons. The molecule has 0 rings (SSSR count). The molecule has 0 spiro atoms. The normalized spacial score (nSPS) is 7.17. The van der Waals surface area contributed by atoms with E-state index < -0.39 is 0 Å². The summed E-state index contributed by atoms with van der Waals surface area (Å²) in [6, 6.07) is 3.52. The highest BCUT2D eigenvalue weighted by Gasteiger charge is 1.99. The van der Waals surface area contributed by atoms with Crippen LogP contribution in [-0.4, -0.2) is 6.54 Å². The van der Waals surface area contributed by atoms with Crippen LogP contribution in [0.5, 0.6) is 0 Å². The van der Waals surface area contributed by atoms with Crippen molar-refractivity contribution >= 4 is 0 Å². The fourth-order valence-corrected chi connectivity index (χ4v) is 0.590. The van der Waals surface area contributed by atoms with Crippen molar-refractivity contribution in [1.29, 1.82) is 10.5 Å². The number of nitrogens with zero attached hydrogens (tertiary/aromatic N) is 2. The molecular formula is C9H9N3. The highest BCUT2D eigenvalue weighted by Crippen LogP contribution is 1.99. The van der Waals surface area contributed by atoms with Gasteiger partial charge < -0.3 is 5.32 Å². The molecule has 3 nitrogen and oxygen atoms in total.